The van der Waals surface area contributed by atoms with Crippen molar-refractivity contribution in [2.24, 2.45) is 5.73 Å². The molecule has 5 heteroatoms. The fraction of sp³-hybridized carbons (Fsp3) is 0.700. The Morgan fingerprint density at radius 1 is 1.47 bits per heavy atom. The second-order valence-corrected chi connectivity index (χ2v) is 3.68. The van der Waals surface area contributed by atoms with E-state index in [9.17, 15) is 4.79 Å². The molecule has 1 amide bonds. The van der Waals surface area contributed by atoms with Crippen LogP contribution in [0.3, 0.4) is 0 Å². The maximum Gasteiger partial charge on any atom is 0.223 e. The predicted octanol–water partition coefficient (Wildman–Crippen LogP) is 0.975. The van der Waals surface area contributed by atoms with E-state index in [1.165, 1.54) is 0 Å². The summed E-state index contributed by atoms with van der Waals surface area (Å²) in [6.07, 6.45) is 2.19. The lowest BCUT2D eigenvalue weighted by Crippen LogP contribution is -2.15. The van der Waals surface area contributed by atoms with Crippen molar-refractivity contribution in [1.82, 2.24) is 15.0 Å². The van der Waals surface area contributed by atoms with Crippen molar-refractivity contribution < 1.29 is 4.79 Å². The first-order valence-electron chi connectivity index (χ1n) is 5.29. The van der Waals surface area contributed by atoms with Crippen molar-refractivity contribution in [3.8, 4) is 0 Å². The van der Waals surface area contributed by atoms with Gasteiger partial charge in [0.25, 0.3) is 0 Å². The molecule has 1 aromatic rings. The smallest absolute Gasteiger partial charge is 0.223 e. The lowest BCUT2D eigenvalue weighted by molar-refractivity contribution is -0.117. The van der Waals surface area contributed by atoms with Crippen LogP contribution in [0.15, 0.2) is 0 Å². The molecule has 0 aliphatic rings. The van der Waals surface area contributed by atoms with E-state index in [0.29, 0.717) is 11.7 Å². The highest BCUT2D eigenvalue weighted by Crippen LogP contribution is 2.17. The summed E-state index contributed by atoms with van der Waals surface area (Å²) >= 11 is 0. The van der Waals surface area contributed by atoms with Crippen LogP contribution in [0.5, 0.6) is 0 Å². The Balaban J connectivity index is 2.92. The number of carbonyl (C=O) groups excluding carboxylic acids is 1. The van der Waals surface area contributed by atoms with Gasteiger partial charge in [0.15, 0.2) is 0 Å². The summed E-state index contributed by atoms with van der Waals surface area (Å²) in [6.45, 7) is 6.16. The molecule has 0 bridgehead atoms. The minimum absolute atomic E-state index is 0.173. The van der Waals surface area contributed by atoms with Crippen LogP contribution in [0.4, 0.5) is 0 Å². The molecule has 0 aliphatic carbocycles. The third kappa shape index (κ3) is 2.55. The average molecular weight is 210 g/mol. The van der Waals surface area contributed by atoms with E-state index in [2.05, 4.69) is 24.2 Å². The SMILES string of the molecule is CCC(CC)n1nnc(CC(N)=O)c1C. The summed E-state index contributed by atoms with van der Waals surface area (Å²) in [7, 11) is 0. The normalized spacial score (nSPS) is 10.9. The van der Waals surface area contributed by atoms with E-state index in [4.69, 9.17) is 5.73 Å². The first kappa shape index (κ1) is 11.7. The van der Waals surface area contributed by atoms with Crippen molar-refractivity contribution >= 4 is 5.91 Å². The first-order chi connectivity index (χ1) is 7.10. The summed E-state index contributed by atoms with van der Waals surface area (Å²) in [5.74, 6) is -0.366. The van der Waals surface area contributed by atoms with Gasteiger partial charge in [-0.3, -0.25) is 4.79 Å². The topological polar surface area (TPSA) is 73.8 Å². The Bertz CT molecular complexity index is 341. The van der Waals surface area contributed by atoms with Gasteiger partial charge in [0, 0.05) is 0 Å². The standard InChI is InChI=1S/C10H18N4O/c1-4-8(5-2)14-7(3)9(12-13-14)6-10(11)15/h8H,4-6H2,1-3H3,(H2,11,15). The van der Waals surface area contributed by atoms with Crippen molar-refractivity contribution in [3.05, 3.63) is 11.4 Å². The number of rotatable bonds is 5. The van der Waals surface area contributed by atoms with Gasteiger partial charge in [-0.2, -0.15) is 0 Å². The number of hydrogen-bond donors (Lipinski definition) is 1. The second kappa shape index (κ2) is 4.91. The van der Waals surface area contributed by atoms with Crippen LogP contribution in [0, 0.1) is 6.92 Å². The lowest BCUT2D eigenvalue weighted by Gasteiger charge is -2.13. The molecule has 0 unspecified atom stereocenters. The minimum atomic E-state index is -0.366. The Kier molecular flexibility index (Phi) is 3.82. The van der Waals surface area contributed by atoms with Crippen LogP contribution in [0.1, 0.15) is 44.1 Å². The molecule has 0 atom stereocenters. The number of amides is 1. The number of nitrogens with zero attached hydrogens (tertiary/aromatic N) is 3. The van der Waals surface area contributed by atoms with Crippen LogP contribution in [0.25, 0.3) is 0 Å². The molecular weight excluding hydrogens is 192 g/mol. The molecule has 1 aromatic heterocycles. The quantitative estimate of drug-likeness (QED) is 0.787. The van der Waals surface area contributed by atoms with Gasteiger partial charge in [0.2, 0.25) is 5.91 Å². The Morgan fingerprint density at radius 2 is 2.07 bits per heavy atom. The van der Waals surface area contributed by atoms with Crippen LogP contribution in [-0.4, -0.2) is 20.9 Å². The maximum absolute atomic E-state index is 10.8. The van der Waals surface area contributed by atoms with E-state index < -0.39 is 0 Å². The lowest BCUT2D eigenvalue weighted by atomic mass is 10.1. The summed E-state index contributed by atoms with van der Waals surface area (Å²) in [5, 5.41) is 8.05. The van der Waals surface area contributed by atoms with E-state index in [1.54, 1.807) is 0 Å². The minimum Gasteiger partial charge on any atom is -0.369 e. The van der Waals surface area contributed by atoms with Gasteiger partial charge in [-0.25, -0.2) is 4.68 Å². The summed E-state index contributed by atoms with van der Waals surface area (Å²) in [5.41, 5.74) is 6.76. The third-order valence-corrected chi connectivity index (χ3v) is 2.65. The summed E-state index contributed by atoms with van der Waals surface area (Å²) < 4.78 is 1.89. The number of nitrogens with two attached hydrogens (primary N) is 1. The molecule has 0 saturated carbocycles. The van der Waals surface area contributed by atoms with Crippen LogP contribution in [-0.2, 0) is 11.2 Å². The highest BCUT2D eigenvalue weighted by molar-refractivity contribution is 5.76. The van der Waals surface area contributed by atoms with Gasteiger partial charge < -0.3 is 5.73 Å². The van der Waals surface area contributed by atoms with Crippen molar-refractivity contribution in [1.29, 1.82) is 0 Å². The van der Waals surface area contributed by atoms with Gasteiger partial charge in [-0.15, -0.1) is 5.10 Å². The van der Waals surface area contributed by atoms with Crippen molar-refractivity contribution in [2.45, 2.75) is 46.1 Å². The molecule has 1 rings (SSSR count). The zero-order chi connectivity index (χ0) is 11.4. The highest BCUT2D eigenvalue weighted by Gasteiger charge is 2.15. The second-order valence-electron chi connectivity index (χ2n) is 3.68. The molecule has 0 spiro atoms. The van der Waals surface area contributed by atoms with Gasteiger partial charge in [0.05, 0.1) is 23.9 Å². The van der Waals surface area contributed by atoms with Crippen molar-refractivity contribution in [3.63, 3.8) is 0 Å². The average Bonchev–Trinajstić information content (AvgIpc) is 2.51. The van der Waals surface area contributed by atoms with Crippen molar-refractivity contribution in [2.75, 3.05) is 0 Å². The Labute approximate surface area is 89.6 Å². The Hall–Kier alpha value is -1.39. The summed E-state index contributed by atoms with van der Waals surface area (Å²) in [4.78, 5) is 10.8. The largest absolute Gasteiger partial charge is 0.369 e. The molecule has 0 radical (unpaired) electrons. The first-order valence-corrected chi connectivity index (χ1v) is 5.29. The summed E-state index contributed by atoms with van der Waals surface area (Å²) in [6, 6.07) is 0.360. The van der Waals surface area contributed by atoms with Gasteiger partial charge >= 0.3 is 0 Å². The number of aromatic nitrogens is 3. The molecule has 15 heavy (non-hydrogen) atoms. The molecule has 0 aliphatic heterocycles. The zero-order valence-corrected chi connectivity index (χ0v) is 9.53. The van der Waals surface area contributed by atoms with E-state index >= 15 is 0 Å². The number of primary amides is 1. The fourth-order valence-corrected chi connectivity index (χ4v) is 1.68. The monoisotopic (exact) mass is 210 g/mol. The molecule has 0 aromatic carbocycles. The molecular formula is C10H18N4O. The zero-order valence-electron chi connectivity index (χ0n) is 9.53. The molecule has 2 N–H and O–H groups in total. The van der Waals surface area contributed by atoms with E-state index in [0.717, 1.165) is 18.5 Å². The fourth-order valence-electron chi connectivity index (χ4n) is 1.68. The highest BCUT2D eigenvalue weighted by atomic mass is 16.1. The van der Waals surface area contributed by atoms with Gasteiger partial charge in [-0.1, -0.05) is 19.1 Å². The molecule has 1 heterocycles. The van der Waals surface area contributed by atoms with Crippen LogP contribution in [0.2, 0.25) is 0 Å². The van der Waals surface area contributed by atoms with Gasteiger partial charge in [-0.05, 0) is 19.8 Å². The predicted molar refractivity (Wildman–Crippen MR) is 57.3 cm³/mol. The van der Waals surface area contributed by atoms with Crippen LogP contribution < -0.4 is 5.73 Å². The maximum atomic E-state index is 10.8. The Morgan fingerprint density at radius 3 is 2.53 bits per heavy atom. The number of hydrogen-bond acceptors (Lipinski definition) is 3. The molecule has 5 nitrogen and oxygen atoms in total. The van der Waals surface area contributed by atoms with Gasteiger partial charge in [0.1, 0.15) is 0 Å². The molecule has 0 saturated heterocycles. The van der Waals surface area contributed by atoms with E-state index in [1.807, 2.05) is 11.6 Å². The van der Waals surface area contributed by atoms with Crippen LogP contribution >= 0.6 is 0 Å². The molecule has 84 valence electrons. The third-order valence-electron chi connectivity index (χ3n) is 2.65. The molecule has 0 fully saturated rings. The van der Waals surface area contributed by atoms with E-state index in [-0.39, 0.29) is 12.3 Å². The number of carbonyl (C=O) groups is 1.